The lowest BCUT2D eigenvalue weighted by Crippen LogP contribution is -2.20. The molecule has 3 rings (SSSR count). The molecule has 0 heterocycles. The van der Waals surface area contributed by atoms with Gasteiger partial charge in [-0.05, 0) is 60.2 Å². The minimum Gasteiger partial charge on any atom is -0.493 e. The number of benzene rings is 3. The topological polar surface area (TPSA) is 100 Å². The molecule has 0 saturated carbocycles. The zero-order valence-electron chi connectivity index (χ0n) is 18.5. The molecule has 0 aromatic heterocycles. The van der Waals surface area contributed by atoms with Crippen molar-refractivity contribution in [1.82, 2.24) is 0 Å². The van der Waals surface area contributed by atoms with Crippen LogP contribution in [0.25, 0.3) is 0 Å². The average Bonchev–Trinajstić information content (AvgIpc) is 2.87. The van der Waals surface area contributed by atoms with Crippen LogP contribution in [0.5, 0.6) is 11.5 Å². The summed E-state index contributed by atoms with van der Waals surface area (Å²) in [7, 11) is 2.70. The summed E-state index contributed by atoms with van der Waals surface area (Å²) >= 11 is 0. The molecular formula is C25H22FNO7. The van der Waals surface area contributed by atoms with Gasteiger partial charge >= 0.3 is 11.9 Å². The van der Waals surface area contributed by atoms with Crippen LogP contribution in [0.2, 0.25) is 0 Å². The molecule has 3 aromatic carbocycles. The Labute approximate surface area is 195 Å². The van der Waals surface area contributed by atoms with Gasteiger partial charge < -0.3 is 24.3 Å². The van der Waals surface area contributed by atoms with Crippen LogP contribution in [0.15, 0.2) is 66.7 Å². The first-order valence-electron chi connectivity index (χ1n) is 10.1. The number of anilines is 1. The van der Waals surface area contributed by atoms with E-state index in [0.717, 1.165) is 0 Å². The minimum absolute atomic E-state index is 0.00437. The fourth-order valence-electron chi connectivity index (χ4n) is 2.87. The normalized spacial score (nSPS) is 10.2. The molecule has 1 amide bonds. The van der Waals surface area contributed by atoms with Crippen LogP contribution in [-0.2, 0) is 20.9 Å². The van der Waals surface area contributed by atoms with E-state index in [0.29, 0.717) is 16.8 Å². The van der Waals surface area contributed by atoms with Crippen molar-refractivity contribution < 1.29 is 37.7 Å². The first-order valence-corrected chi connectivity index (χ1v) is 10.1. The molecule has 176 valence electrons. The van der Waals surface area contributed by atoms with Crippen LogP contribution < -0.4 is 14.8 Å². The van der Waals surface area contributed by atoms with Crippen molar-refractivity contribution in [3.63, 3.8) is 0 Å². The lowest BCUT2D eigenvalue weighted by molar-refractivity contribution is -0.118. The lowest BCUT2D eigenvalue weighted by atomic mass is 10.1. The van der Waals surface area contributed by atoms with Crippen molar-refractivity contribution in [2.45, 2.75) is 6.61 Å². The van der Waals surface area contributed by atoms with E-state index in [1.807, 2.05) is 0 Å². The maximum Gasteiger partial charge on any atom is 0.338 e. The molecule has 0 saturated heterocycles. The fourth-order valence-corrected chi connectivity index (χ4v) is 2.87. The first kappa shape index (κ1) is 24.2. The summed E-state index contributed by atoms with van der Waals surface area (Å²) in [5.74, 6) is -1.40. The zero-order chi connectivity index (χ0) is 24.5. The number of methoxy groups -OCH3 is 2. The molecule has 0 radical (unpaired) electrons. The summed E-state index contributed by atoms with van der Waals surface area (Å²) in [6, 6.07) is 16.2. The molecule has 8 nitrogen and oxygen atoms in total. The van der Waals surface area contributed by atoms with E-state index in [2.05, 4.69) is 10.1 Å². The van der Waals surface area contributed by atoms with Crippen LogP contribution >= 0.6 is 0 Å². The molecule has 0 atom stereocenters. The van der Waals surface area contributed by atoms with E-state index in [1.54, 1.807) is 24.3 Å². The number of amides is 1. The maximum absolute atomic E-state index is 13.0. The van der Waals surface area contributed by atoms with Crippen molar-refractivity contribution >= 4 is 23.5 Å². The molecule has 0 aliphatic carbocycles. The Hall–Kier alpha value is -4.40. The zero-order valence-corrected chi connectivity index (χ0v) is 18.5. The molecule has 34 heavy (non-hydrogen) atoms. The standard InChI is InChI=1S/C25H22FNO7/c1-31-22-13-18(25(30)34-14-16-3-5-17(6-4-16)24(29)32-2)7-12-21(22)33-15-23(28)27-20-10-8-19(26)9-11-20/h3-13H,14-15H2,1-2H3,(H,27,28). The summed E-state index contributed by atoms with van der Waals surface area (Å²) in [5, 5.41) is 2.58. The number of hydrogen-bond donors (Lipinski definition) is 1. The van der Waals surface area contributed by atoms with Crippen LogP contribution in [-0.4, -0.2) is 38.7 Å². The van der Waals surface area contributed by atoms with Crippen LogP contribution in [0, 0.1) is 5.82 Å². The van der Waals surface area contributed by atoms with Crippen molar-refractivity contribution in [2.75, 3.05) is 26.1 Å². The fraction of sp³-hybridized carbons (Fsp3) is 0.160. The highest BCUT2D eigenvalue weighted by Gasteiger charge is 2.14. The summed E-state index contributed by atoms with van der Waals surface area (Å²) in [6.45, 7) is -0.316. The number of ether oxygens (including phenoxy) is 4. The van der Waals surface area contributed by atoms with Crippen molar-refractivity contribution in [1.29, 1.82) is 0 Å². The lowest BCUT2D eigenvalue weighted by Gasteiger charge is -2.12. The Morgan fingerprint density at radius 3 is 2.15 bits per heavy atom. The molecule has 0 bridgehead atoms. The Morgan fingerprint density at radius 2 is 1.50 bits per heavy atom. The molecule has 0 fully saturated rings. The summed E-state index contributed by atoms with van der Waals surface area (Å²) < 4.78 is 33.7. The van der Waals surface area contributed by atoms with Crippen LogP contribution in [0.3, 0.4) is 0 Å². The smallest absolute Gasteiger partial charge is 0.338 e. The Bertz CT molecular complexity index is 1160. The molecule has 1 N–H and O–H groups in total. The SMILES string of the molecule is COC(=O)c1ccc(COC(=O)c2ccc(OCC(=O)Nc3ccc(F)cc3)c(OC)c2)cc1. The van der Waals surface area contributed by atoms with Crippen molar-refractivity contribution in [3.05, 3.63) is 89.2 Å². The number of carbonyl (C=O) groups is 3. The molecule has 0 spiro atoms. The van der Waals surface area contributed by atoms with Gasteiger partial charge in [-0.25, -0.2) is 14.0 Å². The van der Waals surface area contributed by atoms with E-state index < -0.39 is 23.7 Å². The number of carbonyl (C=O) groups excluding carboxylic acids is 3. The maximum atomic E-state index is 13.0. The van der Waals surface area contributed by atoms with Crippen molar-refractivity contribution in [2.24, 2.45) is 0 Å². The third-order valence-corrected chi connectivity index (χ3v) is 4.63. The van der Waals surface area contributed by atoms with Crippen molar-refractivity contribution in [3.8, 4) is 11.5 Å². The quantitative estimate of drug-likeness (QED) is 0.475. The van der Waals surface area contributed by atoms with E-state index in [-0.39, 0.29) is 30.3 Å². The molecule has 9 heteroatoms. The highest BCUT2D eigenvalue weighted by Crippen LogP contribution is 2.28. The Balaban J connectivity index is 1.55. The van der Waals surface area contributed by atoms with Gasteiger partial charge in [0, 0.05) is 5.69 Å². The van der Waals surface area contributed by atoms with Gasteiger partial charge in [-0.2, -0.15) is 0 Å². The van der Waals surface area contributed by atoms with Gasteiger partial charge in [-0.1, -0.05) is 12.1 Å². The second kappa shape index (κ2) is 11.5. The monoisotopic (exact) mass is 467 g/mol. The second-order valence-corrected chi connectivity index (χ2v) is 6.97. The van der Waals surface area contributed by atoms with Gasteiger partial charge in [0.1, 0.15) is 12.4 Å². The van der Waals surface area contributed by atoms with Gasteiger partial charge in [0.05, 0.1) is 25.3 Å². The van der Waals surface area contributed by atoms with Gasteiger partial charge in [0.15, 0.2) is 18.1 Å². The molecule has 0 aliphatic rings. The highest BCUT2D eigenvalue weighted by molar-refractivity contribution is 5.92. The third kappa shape index (κ3) is 6.55. The van der Waals surface area contributed by atoms with Gasteiger partial charge in [-0.15, -0.1) is 0 Å². The summed E-state index contributed by atoms with van der Waals surface area (Å²) in [4.78, 5) is 36.0. The van der Waals surface area contributed by atoms with Crippen LogP contribution in [0.4, 0.5) is 10.1 Å². The molecule has 0 aliphatic heterocycles. The van der Waals surface area contributed by atoms with Crippen LogP contribution in [0.1, 0.15) is 26.3 Å². The highest BCUT2D eigenvalue weighted by atomic mass is 19.1. The van der Waals surface area contributed by atoms with Gasteiger partial charge in [-0.3, -0.25) is 4.79 Å². The van der Waals surface area contributed by atoms with Gasteiger partial charge in [0.25, 0.3) is 5.91 Å². The largest absolute Gasteiger partial charge is 0.493 e. The Morgan fingerprint density at radius 1 is 0.824 bits per heavy atom. The van der Waals surface area contributed by atoms with E-state index >= 15 is 0 Å². The molecular weight excluding hydrogens is 445 g/mol. The number of halogens is 1. The first-order chi connectivity index (χ1) is 16.4. The number of esters is 2. The van der Waals surface area contributed by atoms with Gasteiger partial charge in [0.2, 0.25) is 0 Å². The summed E-state index contributed by atoms with van der Waals surface area (Å²) in [5.41, 5.74) is 1.75. The van der Waals surface area contributed by atoms with E-state index in [1.165, 1.54) is 56.7 Å². The molecule has 0 unspecified atom stereocenters. The number of nitrogens with one attached hydrogen (secondary N) is 1. The minimum atomic E-state index is -0.587. The Kier molecular flexibility index (Phi) is 8.17. The predicted molar refractivity (Wildman–Crippen MR) is 120 cm³/mol. The number of rotatable bonds is 9. The van der Waals surface area contributed by atoms with E-state index in [4.69, 9.17) is 14.2 Å². The number of hydrogen-bond acceptors (Lipinski definition) is 7. The molecule has 3 aromatic rings. The average molecular weight is 467 g/mol. The third-order valence-electron chi connectivity index (χ3n) is 4.63. The van der Waals surface area contributed by atoms with E-state index in [9.17, 15) is 18.8 Å². The second-order valence-electron chi connectivity index (χ2n) is 6.97. The predicted octanol–water partition coefficient (Wildman–Crippen LogP) is 4.00. The summed E-state index contributed by atoms with van der Waals surface area (Å²) in [6.07, 6.45) is 0.